The molecule has 19 heavy (non-hydrogen) atoms. The van der Waals surface area contributed by atoms with Gasteiger partial charge in [0, 0.05) is 25.2 Å². The largest absolute Gasteiger partial charge is 0.465 e. The maximum atomic E-state index is 5.39. The van der Waals surface area contributed by atoms with Crippen molar-refractivity contribution in [3.63, 3.8) is 0 Å². The van der Waals surface area contributed by atoms with E-state index < -0.39 is 0 Å². The average Bonchev–Trinajstić information content (AvgIpc) is 3.06. The maximum Gasteiger partial charge on any atom is 0.264 e. The van der Waals surface area contributed by atoms with E-state index in [-0.39, 0.29) is 6.61 Å². The second-order valence-electron chi connectivity index (χ2n) is 4.50. The van der Waals surface area contributed by atoms with Gasteiger partial charge in [-0.2, -0.15) is 4.98 Å². The van der Waals surface area contributed by atoms with Gasteiger partial charge in [0.05, 0.1) is 0 Å². The molecule has 0 unspecified atom stereocenters. The van der Waals surface area contributed by atoms with Gasteiger partial charge in [-0.25, -0.2) is 0 Å². The van der Waals surface area contributed by atoms with Gasteiger partial charge >= 0.3 is 0 Å². The molecule has 1 fully saturated rings. The van der Waals surface area contributed by atoms with Crippen molar-refractivity contribution >= 4 is 0 Å². The third kappa shape index (κ3) is 2.93. The summed E-state index contributed by atoms with van der Waals surface area (Å²) in [7, 11) is 0. The highest BCUT2D eigenvalue weighted by Gasteiger charge is 2.21. The Labute approximate surface area is 109 Å². The Bertz CT molecular complexity index is 531. The van der Waals surface area contributed by atoms with Crippen LogP contribution in [0.25, 0.3) is 0 Å². The zero-order chi connectivity index (χ0) is 13.1. The molecule has 3 rings (SSSR count). The summed E-state index contributed by atoms with van der Waals surface area (Å²) in [5, 5.41) is 7.72. The second-order valence-corrected chi connectivity index (χ2v) is 4.50. The van der Waals surface area contributed by atoms with Crippen molar-refractivity contribution in [2.24, 2.45) is 0 Å². The van der Waals surface area contributed by atoms with E-state index in [1.165, 1.54) is 0 Å². The number of ether oxygens (including phenoxy) is 2. The molecule has 7 nitrogen and oxygen atoms in total. The van der Waals surface area contributed by atoms with Crippen LogP contribution in [0.15, 0.2) is 15.1 Å². The number of hydrogen-bond acceptors (Lipinski definition) is 7. The van der Waals surface area contributed by atoms with E-state index in [9.17, 15) is 0 Å². The van der Waals surface area contributed by atoms with Crippen LogP contribution in [0.1, 0.15) is 36.2 Å². The minimum absolute atomic E-state index is 0.197. The fraction of sp³-hybridized carbons (Fsp3) is 0.583. The highest BCUT2D eigenvalue weighted by Crippen LogP contribution is 2.24. The van der Waals surface area contributed by atoms with Gasteiger partial charge in [0.15, 0.2) is 12.4 Å². The monoisotopic (exact) mass is 265 g/mol. The predicted molar refractivity (Wildman–Crippen MR) is 62.7 cm³/mol. The highest BCUT2D eigenvalue weighted by atomic mass is 16.6. The van der Waals surface area contributed by atoms with Crippen molar-refractivity contribution in [2.45, 2.75) is 32.3 Å². The first-order chi connectivity index (χ1) is 9.31. The van der Waals surface area contributed by atoms with E-state index >= 15 is 0 Å². The summed E-state index contributed by atoms with van der Waals surface area (Å²) >= 11 is 0. The molecule has 0 atom stereocenters. The molecule has 2 aromatic rings. The maximum absolute atomic E-state index is 5.39. The van der Waals surface area contributed by atoms with Crippen LogP contribution in [0.4, 0.5) is 0 Å². The summed E-state index contributed by atoms with van der Waals surface area (Å²) in [5.41, 5.74) is 0. The highest BCUT2D eigenvalue weighted by molar-refractivity contribution is 5.09. The van der Waals surface area contributed by atoms with Gasteiger partial charge in [0.1, 0.15) is 5.76 Å². The first kappa shape index (κ1) is 12.2. The predicted octanol–water partition coefficient (Wildman–Crippen LogP) is 1.84. The second kappa shape index (κ2) is 5.40. The van der Waals surface area contributed by atoms with E-state index in [0.717, 1.165) is 31.9 Å². The quantitative estimate of drug-likeness (QED) is 0.833. The van der Waals surface area contributed by atoms with Crippen LogP contribution in [0, 0.1) is 6.92 Å². The van der Waals surface area contributed by atoms with E-state index in [1.807, 2.05) is 0 Å². The van der Waals surface area contributed by atoms with E-state index in [2.05, 4.69) is 15.3 Å². The molecule has 1 saturated heterocycles. The Balaban J connectivity index is 1.58. The van der Waals surface area contributed by atoms with E-state index in [1.54, 1.807) is 13.0 Å². The first-order valence-corrected chi connectivity index (χ1v) is 6.27. The summed E-state index contributed by atoms with van der Waals surface area (Å²) in [6, 6.07) is 1.70. The van der Waals surface area contributed by atoms with Crippen molar-refractivity contribution in [2.75, 3.05) is 13.2 Å². The lowest BCUT2D eigenvalue weighted by Crippen LogP contribution is -2.15. The Morgan fingerprint density at radius 2 is 2.11 bits per heavy atom. The van der Waals surface area contributed by atoms with Crippen LogP contribution in [-0.2, 0) is 11.3 Å². The number of nitrogens with zero attached hydrogens (tertiary/aromatic N) is 3. The van der Waals surface area contributed by atoms with Crippen LogP contribution in [-0.4, -0.2) is 28.5 Å². The molecule has 7 heteroatoms. The van der Waals surface area contributed by atoms with Crippen LogP contribution >= 0.6 is 0 Å². The summed E-state index contributed by atoms with van der Waals surface area (Å²) in [5.74, 6) is 2.62. The molecule has 102 valence electrons. The lowest BCUT2D eigenvalue weighted by Gasteiger charge is -2.18. The summed E-state index contributed by atoms with van der Waals surface area (Å²) in [6.07, 6.45) is 1.87. The molecular weight excluding hydrogens is 250 g/mol. The third-order valence-corrected chi connectivity index (χ3v) is 3.02. The Morgan fingerprint density at radius 3 is 2.84 bits per heavy atom. The van der Waals surface area contributed by atoms with E-state index in [4.69, 9.17) is 18.5 Å². The molecule has 1 aliphatic rings. The van der Waals surface area contributed by atoms with Gasteiger partial charge in [0.25, 0.3) is 11.8 Å². The minimum atomic E-state index is 0.197. The molecular formula is C12H15N3O4. The summed E-state index contributed by atoms with van der Waals surface area (Å²) in [6.45, 7) is 3.50. The Hall–Kier alpha value is -1.89. The van der Waals surface area contributed by atoms with Gasteiger partial charge in [-0.3, -0.25) is 0 Å². The van der Waals surface area contributed by atoms with Crippen molar-refractivity contribution in [1.29, 1.82) is 0 Å². The zero-order valence-corrected chi connectivity index (χ0v) is 10.7. The molecule has 3 heterocycles. The number of rotatable bonds is 4. The van der Waals surface area contributed by atoms with Crippen LogP contribution in [0.2, 0.25) is 0 Å². The summed E-state index contributed by atoms with van der Waals surface area (Å²) in [4.78, 5) is 4.34. The van der Waals surface area contributed by atoms with Crippen LogP contribution in [0.3, 0.4) is 0 Å². The Kier molecular flexibility index (Phi) is 3.45. The van der Waals surface area contributed by atoms with Crippen molar-refractivity contribution in [3.05, 3.63) is 23.5 Å². The van der Waals surface area contributed by atoms with Crippen molar-refractivity contribution in [1.82, 2.24) is 15.3 Å². The lowest BCUT2D eigenvalue weighted by atomic mass is 10.00. The molecule has 0 aromatic carbocycles. The molecule has 1 aliphatic heterocycles. The van der Waals surface area contributed by atoms with Gasteiger partial charge < -0.3 is 18.5 Å². The van der Waals surface area contributed by atoms with E-state index in [0.29, 0.717) is 23.4 Å². The molecule has 0 aliphatic carbocycles. The van der Waals surface area contributed by atoms with Gasteiger partial charge in [0.2, 0.25) is 0 Å². The number of aryl methyl sites for hydroxylation is 1. The van der Waals surface area contributed by atoms with Crippen molar-refractivity contribution in [3.8, 4) is 5.88 Å². The third-order valence-electron chi connectivity index (χ3n) is 3.02. The first-order valence-electron chi connectivity index (χ1n) is 6.27. The average molecular weight is 265 g/mol. The molecule has 0 amide bonds. The Morgan fingerprint density at radius 1 is 1.26 bits per heavy atom. The van der Waals surface area contributed by atoms with Crippen LogP contribution in [0.5, 0.6) is 5.88 Å². The topological polar surface area (TPSA) is 83.4 Å². The fourth-order valence-corrected chi connectivity index (χ4v) is 2.00. The molecule has 0 bridgehead atoms. The molecule has 0 spiro atoms. The molecule has 0 N–H and O–H groups in total. The molecule has 2 aromatic heterocycles. The number of hydrogen-bond donors (Lipinski definition) is 0. The summed E-state index contributed by atoms with van der Waals surface area (Å²) < 4.78 is 20.8. The van der Waals surface area contributed by atoms with Gasteiger partial charge in [-0.05, 0) is 24.9 Å². The van der Waals surface area contributed by atoms with Gasteiger partial charge in [-0.15, -0.1) is 0 Å². The minimum Gasteiger partial charge on any atom is -0.465 e. The number of aromatic nitrogens is 3. The SMILES string of the molecule is Cc1cc(OCc2nc(C3CCOCC3)no2)no1. The fourth-order valence-electron chi connectivity index (χ4n) is 2.00. The lowest BCUT2D eigenvalue weighted by molar-refractivity contribution is 0.0830. The smallest absolute Gasteiger partial charge is 0.264 e. The van der Waals surface area contributed by atoms with Crippen LogP contribution < -0.4 is 4.74 Å². The zero-order valence-electron chi connectivity index (χ0n) is 10.7. The normalized spacial score (nSPS) is 16.7. The standard InChI is InChI=1S/C12H15N3O4/c1-8-6-10(14-18-8)17-7-11-13-12(15-19-11)9-2-4-16-5-3-9/h6,9H,2-5,7H2,1H3. The molecule has 0 radical (unpaired) electrons. The van der Waals surface area contributed by atoms with Gasteiger partial charge in [-0.1, -0.05) is 5.16 Å². The van der Waals surface area contributed by atoms with Crippen molar-refractivity contribution < 1.29 is 18.5 Å². The molecule has 0 saturated carbocycles.